The monoisotopic (exact) mass is 560 g/mol. The highest BCUT2D eigenvalue weighted by atomic mass is 127. The molecule has 4 rings (SSSR count). The van der Waals surface area contributed by atoms with Gasteiger partial charge in [-0.3, -0.25) is 0 Å². The van der Waals surface area contributed by atoms with Crippen molar-refractivity contribution in [3.8, 4) is 0 Å². The standard InChI is InChI=1S/C25H32N6O.HI/c1-19-29-30-24(31(19)2)18-28-25(26-16-22-14-9-15-32-22)27-17-23(20-10-5-3-6-11-20)21-12-7-4-8-13-21;/h3-8,10-13,22-23H,9,14-18H2,1-2H3,(H2,26,27,28);1H. The molecule has 1 unspecified atom stereocenters. The van der Waals surface area contributed by atoms with Crippen molar-refractivity contribution < 1.29 is 4.74 Å². The van der Waals surface area contributed by atoms with Gasteiger partial charge in [-0.1, -0.05) is 60.7 Å². The number of hydrogen-bond acceptors (Lipinski definition) is 4. The smallest absolute Gasteiger partial charge is 0.191 e. The van der Waals surface area contributed by atoms with Crippen LogP contribution in [0.4, 0.5) is 0 Å². The lowest BCUT2D eigenvalue weighted by molar-refractivity contribution is 0.114. The summed E-state index contributed by atoms with van der Waals surface area (Å²) in [6.07, 6.45) is 2.44. The predicted molar refractivity (Wildman–Crippen MR) is 142 cm³/mol. The summed E-state index contributed by atoms with van der Waals surface area (Å²) in [5, 5.41) is 15.4. The summed E-state index contributed by atoms with van der Waals surface area (Å²) < 4.78 is 7.75. The van der Waals surface area contributed by atoms with Gasteiger partial charge in [-0.25, -0.2) is 4.99 Å². The van der Waals surface area contributed by atoms with Gasteiger partial charge in [-0.2, -0.15) is 0 Å². The lowest BCUT2D eigenvalue weighted by Gasteiger charge is -2.21. The lowest BCUT2D eigenvalue weighted by atomic mass is 9.91. The summed E-state index contributed by atoms with van der Waals surface area (Å²) in [5.41, 5.74) is 2.54. The van der Waals surface area contributed by atoms with Crippen molar-refractivity contribution in [1.29, 1.82) is 0 Å². The van der Waals surface area contributed by atoms with Crippen LogP contribution in [0.1, 0.15) is 41.5 Å². The van der Waals surface area contributed by atoms with E-state index in [0.29, 0.717) is 6.54 Å². The lowest BCUT2D eigenvalue weighted by Crippen LogP contribution is -2.42. The minimum Gasteiger partial charge on any atom is -0.376 e. The van der Waals surface area contributed by atoms with E-state index >= 15 is 0 Å². The molecule has 1 aromatic heterocycles. The van der Waals surface area contributed by atoms with E-state index in [1.54, 1.807) is 0 Å². The van der Waals surface area contributed by atoms with E-state index in [-0.39, 0.29) is 36.0 Å². The van der Waals surface area contributed by atoms with Crippen LogP contribution in [0.15, 0.2) is 65.7 Å². The van der Waals surface area contributed by atoms with E-state index in [0.717, 1.165) is 50.1 Å². The molecule has 1 fully saturated rings. The van der Waals surface area contributed by atoms with E-state index < -0.39 is 0 Å². The van der Waals surface area contributed by atoms with Gasteiger partial charge in [-0.15, -0.1) is 34.2 Å². The Morgan fingerprint density at radius 2 is 1.73 bits per heavy atom. The van der Waals surface area contributed by atoms with Gasteiger partial charge in [0.25, 0.3) is 0 Å². The number of nitrogens with zero attached hydrogens (tertiary/aromatic N) is 4. The molecule has 3 aromatic rings. The van der Waals surface area contributed by atoms with Gasteiger partial charge in [-0.05, 0) is 30.9 Å². The Balaban J connectivity index is 0.00000306. The molecule has 1 aliphatic heterocycles. The first-order valence-corrected chi connectivity index (χ1v) is 11.3. The molecule has 2 N–H and O–H groups in total. The molecule has 176 valence electrons. The van der Waals surface area contributed by atoms with Crippen LogP contribution in [0.3, 0.4) is 0 Å². The van der Waals surface area contributed by atoms with Crippen LogP contribution in [-0.4, -0.2) is 46.5 Å². The Hall–Kier alpha value is -2.46. The van der Waals surface area contributed by atoms with Crippen molar-refractivity contribution in [2.24, 2.45) is 12.0 Å². The first-order chi connectivity index (χ1) is 15.7. The van der Waals surface area contributed by atoms with Crippen LogP contribution in [-0.2, 0) is 18.3 Å². The summed E-state index contributed by atoms with van der Waals surface area (Å²) in [6.45, 7) is 4.71. The summed E-state index contributed by atoms with van der Waals surface area (Å²) in [5.74, 6) is 2.69. The van der Waals surface area contributed by atoms with Crippen molar-refractivity contribution in [2.75, 3.05) is 19.7 Å². The minimum absolute atomic E-state index is 0. The summed E-state index contributed by atoms with van der Waals surface area (Å²) >= 11 is 0. The maximum atomic E-state index is 5.78. The third-order valence-electron chi connectivity index (χ3n) is 5.96. The fourth-order valence-corrected chi connectivity index (χ4v) is 3.93. The molecular formula is C25H33IN6O. The number of aromatic nitrogens is 3. The van der Waals surface area contributed by atoms with Crippen LogP contribution >= 0.6 is 24.0 Å². The van der Waals surface area contributed by atoms with Crippen molar-refractivity contribution >= 4 is 29.9 Å². The number of benzene rings is 2. The molecule has 0 saturated carbocycles. The second-order valence-corrected chi connectivity index (χ2v) is 8.16. The number of hydrogen-bond donors (Lipinski definition) is 2. The number of rotatable bonds is 8. The van der Waals surface area contributed by atoms with Crippen LogP contribution < -0.4 is 10.6 Å². The first kappa shape index (κ1) is 25.2. The molecule has 0 spiro atoms. The van der Waals surface area contributed by atoms with Gasteiger partial charge in [0, 0.05) is 32.7 Å². The Morgan fingerprint density at radius 3 is 2.27 bits per heavy atom. The zero-order valence-corrected chi connectivity index (χ0v) is 21.6. The molecule has 33 heavy (non-hydrogen) atoms. The number of halogens is 1. The molecule has 0 amide bonds. The summed E-state index contributed by atoms with van der Waals surface area (Å²) in [4.78, 5) is 4.80. The zero-order valence-electron chi connectivity index (χ0n) is 19.3. The van der Waals surface area contributed by atoms with Crippen LogP contribution in [0.25, 0.3) is 0 Å². The maximum absolute atomic E-state index is 5.78. The van der Waals surface area contributed by atoms with Crippen LogP contribution in [0, 0.1) is 6.92 Å². The Labute approximate surface area is 213 Å². The third kappa shape index (κ3) is 7.01. The first-order valence-electron chi connectivity index (χ1n) is 11.3. The van der Waals surface area contributed by atoms with Gasteiger partial charge < -0.3 is 19.9 Å². The van der Waals surface area contributed by atoms with Gasteiger partial charge in [0.05, 0.1) is 6.10 Å². The van der Waals surface area contributed by atoms with Gasteiger partial charge >= 0.3 is 0 Å². The van der Waals surface area contributed by atoms with Crippen molar-refractivity contribution in [1.82, 2.24) is 25.4 Å². The van der Waals surface area contributed by atoms with Crippen molar-refractivity contribution in [3.63, 3.8) is 0 Å². The number of aryl methyl sites for hydroxylation is 1. The van der Waals surface area contributed by atoms with Crippen molar-refractivity contribution in [2.45, 2.75) is 38.3 Å². The molecule has 0 bridgehead atoms. The quantitative estimate of drug-likeness (QED) is 0.249. The molecule has 8 heteroatoms. The normalized spacial score (nSPS) is 16.0. The van der Waals surface area contributed by atoms with E-state index in [1.165, 1.54) is 11.1 Å². The molecule has 2 heterocycles. The van der Waals surface area contributed by atoms with Gasteiger partial charge in [0.2, 0.25) is 0 Å². The highest BCUT2D eigenvalue weighted by Gasteiger charge is 2.18. The molecule has 1 atom stereocenters. The maximum Gasteiger partial charge on any atom is 0.191 e. The Bertz CT molecular complexity index is 963. The average molecular weight is 560 g/mol. The topological polar surface area (TPSA) is 76.4 Å². The molecule has 0 radical (unpaired) electrons. The minimum atomic E-state index is 0. The summed E-state index contributed by atoms with van der Waals surface area (Å²) in [6, 6.07) is 21.2. The van der Waals surface area contributed by atoms with Crippen LogP contribution in [0.5, 0.6) is 0 Å². The van der Waals surface area contributed by atoms with E-state index in [2.05, 4.69) is 81.5 Å². The number of aliphatic imine (C=N–C) groups is 1. The molecule has 0 aliphatic carbocycles. The molecule has 1 aliphatic rings. The highest BCUT2D eigenvalue weighted by Crippen LogP contribution is 2.23. The third-order valence-corrected chi connectivity index (χ3v) is 5.96. The second-order valence-electron chi connectivity index (χ2n) is 8.16. The highest BCUT2D eigenvalue weighted by molar-refractivity contribution is 14.0. The predicted octanol–water partition coefficient (Wildman–Crippen LogP) is 3.79. The summed E-state index contributed by atoms with van der Waals surface area (Å²) in [7, 11) is 1.97. The zero-order chi connectivity index (χ0) is 22.2. The van der Waals surface area contributed by atoms with E-state index in [1.807, 2.05) is 18.5 Å². The van der Waals surface area contributed by atoms with Gasteiger partial charge in [0.1, 0.15) is 12.4 Å². The fraction of sp³-hybridized carbons (Fsp3) is 0.400. The van der Waals surface area contributed by atoms with Gasteiger partial charge in [0.15, 0.2) is 11.8 Å². The molecule has 7 nitrogen and oxygen atoms in total. The average Bonchev–Trinajstić information content (AvgIpc) is 3.47. The Kier molecular flexibility index (Phi) is 9.68. The second kappa shape index (κ2) is 12.7. The molecular weight excluding hydrogens is 527 g/mol. The molecule has 2 aromatic carbocycles. The van der Waals surface area contributed by atoms with E-state index in [4.69, 9.17) is 9.73 Å². The number of nitrogens with one attached hydrogen (secondary N) is 2. The number of guanidine groups is 1. The van der Waals surface area contributed by atoms with Crippen molar-refractivity contribution in [3.05, 3.63) is 83.4 Å². The number of ether oxygens (including phenoxy) is 1. The SMILES string of the molecule is Cc1nnc(CN=C(NCC2CCCO2)NCC(c2ccccc2)c2ccccc2)n1C.I. The molecule has 1 saturated heterocycles. The fourth-order valence-electron chi connectivity index (χ4n) is 3.93. The largest absolute Gasteiger partial charge is 0.376 e. The Morgan fingerprint density at radius 1 is 1.06 bits per heavy atom. The van der Waals surface area contributed by atoms with Crippen LogP contribution in [0.2, 0.25) is 0 Å². The van der Waals surface area contributed by atoms with E-state index in [9.17, 15) is 0 Å².